The van der Waals surface area contributed by atoms with Crippen molar-refractivity contribution < 1.29 is 0 Å². The fourth-order valence-electron chi connectivity index (χ4n) is 1.27. The average Bonchev–Trinajstić information content (AvgIpc) is 2.27. The lowest BCUT2D eigenvalue weighted by Gasteiger charge is -1.98. The summed E-state index contributed by atoms with van der Waals surface area (Å²) in [6.45, 7) is 0. The van der Waals surface area contributed by atoms with E-state index in [-0.39, 0.29) is 11.4 Å². The van der Waals surface area contributed by atoms with Crippen molar-refractivity contribution in [2.45, 2.75) is 0 Å². The second kappa shape index (κ2) is 3.12. The van der Waals surface area contributed by atoms with Crippen molar-refractivity contribution >= 4 is 10.8 Å². The molecule has 0 aliphatic carbocycles. The van der Waals surface area contributed by atoms with Crippen LogP contribution in [-0.4, -0.2) is 10.2 Å². The molecule has 0 amide bonds. The Morgan fingerprint density at radius 3 is 1.64 bits per heavy atom. The Kier molecular flexibility index (Phi) is 1.82. The average molecular weight is 180 g/mol. The van der Waals surface area contributed by atoms with E-state index in [0.717, 1.165) is 0 Å². The van der Waals surface area contributed by atoms with E-state index in [1.54, 1.807) is 24.3 Å². The summed E-state index contributed by atoms with van der Waals surface area (Å²) in [5, 5.41) is 26.2. The highest BCUT2D eigenvalue weighted by atomic mass is 15.1. The Morgan fingerprint density at radius 2 is 1.29 bits per heavy atom. The molecule has 14 heavy (non-hydrogen) atoms. The minimum atomic E-state index is 0.250. The van der Waals surface area contributed by atoms with Gasteiger partial charge in [-0.2, -0.15) is 10.5 Å². The Hall–Kier alpha value is -2.46. The Morgan fingerprint density at radius 1 is 0.857 bits per heavy atom. The van der Waals surface area contributed by atoms with Crippen molar-refractivity contribution in [2.75, 3.05) is 0 Å². The lowest BCUT2D eigenvalue weighted by Crippen LogP contribution is -1.94. The largest absolute Gasteiger partial charge is 0.191 e. The van der Waals surface area contributed by atoms with Gasteiger partial charge < -0.3 is 0 Å². The van der Waals surface area contributed by atoms with Gasteiger partial charge in [-0.25, -0.2) is 0 Å². The van der Waals surface area contributed by atoms with Crippen LogP contribution in [0.4, 0.5) is 0 Å². The molecule has 4 heteroatoms. The topological polar surface area (TPSA) is 73.4 Å². The molecule has 0 aliphatic rings. The van der Waals surface area contributed by atoms with Crippen LogP contribution in [0.15, 0.2) is 24.3 Å². The summed E-state index contributed by atoms with van der Waals surface area (Å²) in [6, 6.07) is 11.0. The molecular weight excluding hydrogens is 176 g/mol. The van der Waals surface area contributed by atoms with Crippen LogP contribution in [0.25, 0.3) is 10.8 Å². The molecule has 0 aliphatic heterocycles. The number of benzene rings is 1. The van der Waals surface area contributed by atoms with Crippen molar-refractivity contribution in [3.63, 3.8) is 0 Å². The van der Waals surface area contributed by atoms with Gasteiger partial charge in [-0.15, -0.1) is 10.2 Å². The second-order valence-corrected chi connectivity index (χ2v) is 2.67. The van der Waals surface area contributed by atoms with Gasteiger partial charge in [-0.3, -0.25) is 0 Å². The highest BCUT2D eigenvalue weighted by molar-refractivity contribution is 5.89. The van der Waals surface area contributed by atoms with Crippen LogP contribution < -0.4 is 0 Å². The second-order valence-electron chi connectivity index (χ2n) is 2.67. The number of nitrogens with zero attached hydrogens (tertiary/aromatic N) is 4. The van der Waals surface area contributed by atoms with Crippen LogP contribution in [0.2, 0.25) is 0 Å². The van der Waals surface area contributed by atoms with Crippen LogP contribution in [0.5, 0.6) is 0 Å². The fraction of sp³-hybridized carbons (Fsp3) is 0. The Labute approximate surface area is 80.0 Å². The standard InChI is InChI=1S/C10H4N4/c11-5-9-7-3-1-2-4-8(7)10(6-12)14-13-9/h1-4H. The molecule has 0 fully saturated rings. The highest BCUT2D eigenvalue weighted by Gasteiger charge is 2.06. The molecule has 1 heterocycles. The molecule has 0 saturated carbocycles. The Bertz CT molecular complexity index is 522. The predicted octanol–water partition coefficient (Wildman–Crippen LogP) is 1.37. The Balaban J connectivity index is 2.96. The SMILES string of the molecule is N#Cc1nnc(C#N)c2ccccc12. The van der Waals surface area contributed by atoms with E-state index in [0.29, 0.717) is 10.8 Å². The van der Waals surface area contributed by atoms with Gasteiger partial charge in [0.2, 0.25) is 0 Å². The first kappa shape index (κ1) is 8.15. The third kappa shape index (κ3) is 1.07. The summed E-state index contributed by atoms with van der Waals surface area (Å²) < 4.78 is 0. The zero-order valence-corrected chi connectivity index (χ0v) is 7.10. The quantitative estimate of drug-likeness (QED) is 0.613. The maximum atomic E-state index is 8.76. The third-order valence-electron chi connectivity index (χ3n) is 1.90. The monoisotopic (exact) mass is 180 g/mol. The van der Waals surface area contributed by atoms with Gasteiger partial charge in [0, 0.05) is 10.8 Å². The maximum absolute atomic E-state index is 8.76. The number of hydrogen-bond acceptors (Lipinski definition) is 4. The molecule has 4 nitrogen and oxygen atoms in total. The first-order valence-electron chi connectivity index (χ1n) is 3.92. The molecule has 64 valence electrons. The molecule has 0 saturated heterocycles. The zero-order chi connectivity index (χ0) is 9.97. The van der Waals surface area contributed by atoms with Crippen LogP contribution in [0.1, 0.15) is 11.4 Å². The van der Waals surface area contributed by atoms with Gasteiger partial charge in [0.25, 0.3) is 0 Å². The molecule has 0 radical (unpaired) electrons. The van der Waals surface area contributed by atoms with Gasteiger partial charge in [0.15, 0.2) is 11.4 Å². The lowest BCUT2D eigenvalue weighted by molar-refractivity contribution is 1.01. The van der Waals surface area contributed by atoms with Crippen LogP contribution in [-0.2, 0) is 0 Å². The number of aromatic nitrogens is 2. The summed E-state index contributed by atoms with van der Waals surface area (Å²) in [4.78, 5) is 0. The van der Waals surface area contributed by atoms with Crippen molar-refractivity contribution in [2.24, 2.45) is 0 Å². The first-order chi connectivity index (χ1) is 6.86. The van der Waals surface area contributed by atoms with Crippen molar-refractivity contribution in [1.29, 1.82) is 10.5 Å². The molecule has 1 aromatic heterocycles. The van der Waals surface area contributed by atoms with Gasteiger partial charge in [-0.05, 0) is 0 Å². The van der Waals surface area contributed by atoms with Crippen molar-refractivity contribution in [3.05, 3.63) is 35.7 Å². The predicted molar refractivity (Wildman–Crippen MR) is 49.0 cm³/mol. The molecule has 0 bridgehead atoms. The van der Waals surface area contributed by atoms with Crippen LogP contribution >= 0.6 is 0 Å². The minimum Gasteiger partial charge on any atom is -0.191 e. The van der Waals surface area contributed by atoms with E-state index in [4.69, 9.17) is 10.5 Å². The highest BCUT2D eigenvalue weighted by Crippen LogP contribution is 2.17. The summed E-state index contributed by atoms with van der Waals surface area (Å²) in [5.74, 6) is 0. The summed E-state index contributed by atoms with van der Waals surface area (Å²) in [5.41, 5.74) is 0.499. The van der Waals surface area contributed by atoms with E-state index in [2.05, 4.69) is 10.2 Å². The molecule has 0 spiro atoms. The zero-order valence-electron chi connectivity index (χ0n) is 7.10. The molecule has 0 N–H and O–H groups in total. The summed E-state index contributed by atoms with van der Waals surface area (Å²) >= 11 is 0. The molecule has 0 atom stereocenters. The number of nitriles is 2. The molecule has 2 aromatic rings. The number of rotatable bonds is 0. The van der Waals surface area contributed by atoms with Crippen LogP contribution in [0, 0.1) is 22.7 Å². The maximum Gasteiger partial charge on any atom is 0.171 e. The van der Waals surface area contributed by atoms with E-state index < -0.39 is 0 Å². The fourth-order valence-corrected chi connectivity index (χ4v) is 1.27. The lowest BCUT2D eigenvalue weighted by atomic mass is 10.1. The normalized spacial score (nSPS) is 9.29. The van der Waals surface area contributed by atoms with Gasteiger partial charge in [0.05, 0.1) is 0 Å². The molecule has 0 unspecified atom stereocenters. The van der Waals surface area contributed by atoms with E-state index in [1.165, 1.54) is 0 Å². The van der Waals surface area contributed by atoms with E-state index in [9.17, 15) is 0 Å². The smallest absolute Gasteiger partial charge is 0.171 e. The van der Waals surface area contributed by atoms with E-state index >= 15 is 0 Å². The van der Waals surface area contributed by atoms with E-state index in [1.807, 2.05) is 12.1 Å². The van der Waals surface area contributed by atoms with Crippen molar-refractivity contribution in [3.8, 4) is 12.1 Å². The minimum absolute atomic E-state index is 0.250. The van der Waals surface area contributed by atoms with Gasteiger partial charge in [0.1, 0.15) is 12.1 Å². The molecular formula is C10H4N4. The van der Waals surface area contributed by atoms with Crippen LogP contribution in [0.3, 0.4) is 0 Å². The third-order valence-corrected chi connectivity index (χ3v) is 1.90. The first-order valence-corrected chi connectivity index (χ1v) is 3.92. The summed E-state index contributed by atoms with van der Waals surface area (Å²) in [7, 11) is 0. The van der Waals surface area contributed by atoms with Gasteiger partial charge in [-0.1, -0.05) is 24.3 Å². The number of hydrogen-bond donors (Lipinski definition) is 0. The summed E-state index contributed by atoms with van der Waals surface area (Å²) in [6.07, 6.45) is 0. The molecule has 1 aromatic carbocycles. The van der Waals surface area contributed by atoms with Crippen molar-refractivity contribution in [1.82, 2.24) is 10.2 Å². The molecule has 2 rings (SSSR count). The van der Waals surface area contributed by atoms with Gasteiger partial charge >= 0.3 is 0 Å². The number of fused-ring (bicyclic) bond motifs is 1.